The Kier molecular flexibility index (Phi) is 8.55. The maximum absolute atomic E-state index is 12.3. The number of hydrogen-bond donors (Lipinski definition) is 2. The monoisotopic (exact) mass is 496 g/mol. The number of ether oxygens (including phenoxy) is 2. The van der Waals surface area contributed by atoms with E-state index in [4.69, 9.17) is 9.47 Å². The van der Waals surface area contributed by atoms with Crippen LogP contribution in [0, 0.1) is 0 Å². The molecule has 0 bridgehead atoms. The van der Waals surface area contributed by atoms with E-state index in [9.17, 15) is 19.2 Å². The molecule has 12 heteroatoms. The van der Waals surface area contributed by atoms with Gasteiger partial charge in [0, 0.05) is 24.2 Å². The molecule has 3 rings (SSSR count). The number of anilines is 2. The van der Waals surface area contributed by atoms with Crippen LogP contribution in [0.3, 0.4) is 0 Å². The van der Waals surface area contributed by atoms with Crippen molar-refractivity contribution < 1.29 is 28.7 Å². The fourth-order valence-electron chi connectivity index (χ4n) is 3.18. The zero-order valence-electron chi connectivity index (χ0n) is 20.4. The second-order valence-electron chi connectivity index (χ2n) is 8.34. The Morgan fingerprint density at radius 2 is 1.06 bits per heavy atom. The maximum Gasteiger partial charge on any atom is 0.338 e. The molecular formula is C24H28N6O6. The summed E-state index contributed by atoms with van der Waals surface area (Å²) in [5.74, 6) is -1.50. The highest BCUT2D eigenvalue weighted by atomic mass is 16.5. The van der Waals surface area contributed by atoms with E-state index in [0.717, 1.165) is 0 Å². The van der Waals surface area contributed by atoms with Crippen LogP contribution < -0.4 is 10.6 Å². The highest BCUT2D eigenvalue weighted by Gasteiger charge is 2.16. The van der Waals surface area contributed by atoms with E-state index >= 15 is 0 Å². The van der Waals surface area contributed by atoms with Crippen LogP contribution in [0.2, 0.25) is 0 Å². The quantitative estimate of drug-likeness (QED) is 0.407. The average Bonchev–Trinajstić information content (AvgIpc) is 3.50. The number of carbonyl (C=O) groups excluding carboxylic acids is 4. The number of aromatic nitrogens is 4. The molecule has 0 unspecified atom stereocenters. The molecule has 2 heterocycles. The van der Waals surface area contributed by atoms with Gasteiger partial charge in [0.25, 0.3) is 11.8 Å². The summed E-state index contributed by atoms with van der Waals surface area (Å²) < 4.78 is 13.3. The van der Waals surface area contributed by atoms with E-state index < -0.39 is 37.0 Å². The number of carbonyl (C=O) groups is 4. The molecule has 0 fully saturated rings. The second kappa shape index (κ2) is 11.8. The van der Waals surface area contributed by atoms with Crippen molar-refractivity contribution in [2.75, 3.05) is 23.8 Å². The topological polar surface area (TPSA) is 146 Å². The fourth-order valence-corrected chi connectivity index (χ4v) is 3.18. The first-order valence-corrected chi connectivity index (χ1v) is 11.3. The van der Waals surface area contributed by atoms with Gasteiger partial charge in [-0.1, -0.05) is 0 Å². The first-order valence-electron chi connectivity index (χ1n) is 11.3. The Bertz CT molecular complexity index is 1130. The van der Waals surface area contributed by atoms with E-state index in [1.54, 1.807) is 33.9 Å². The third kappa shape index (κ3) is 6.78. The van der Waals surface area contributed by atoms with Crippen LogP contribution in [-0.4, -0.2) is 56.5 Å². The molecule has 0 saturated heterocycles. The van der Waals surface area contributed by atoms with Crippen molar-refractivity contribution in [1.82, 2.24) is 19.6 Å². The lowest BCUT2D eigenvalue weighted by atomic mass is 10.1. The molecule has 3 aromatic rings. The minimum atomic E-state index is -0.733. The highest BCUT2D eigenvalue weighted by Crippen LogP contribution is 2.14. The molecule has 0 saturated carbocycles. The lowest BCUT2D eigenvalue weighted by Crippen LogP contribution is -2.23. The van der Waals surface area contributed by atoms with Crippen molar-refractivity contribution in [3.8, 4) is 0 Å². The van der Waals surface area contributed by atoms with Gasteiger partial charge in [0.1, 0.15) is 11.6 Å². The Morgan fingerprint density at radius 1 is 0.694 bits per heavy atom. The Hall–Kier alpha value is -4.48. The zero-order valence-corrected chi connectivity index (χ0v) is 20.4. The van der Waals surface area contributed by atoms with Gasteiger partial charge in [-0.25, -0.2) is 19.0 Å². The number of hydrogen-bond acceptors (Lipinski definition) is 8. The molecule has 0 radical (unpaired) electrons. The van der Waals surface area contributed by atoms with Crippen LogP contribution >= 0.6 is 0 Å². The van der Waals surface area contributed by atoms with Crippen LogP contribution in [0.1, 0.15) is 60.5 Å². The van der Waals surface area contributed by atoms with Crippen LogP contribution in [-0.2, 0) is 19.1 Å². The molecule has 0 atom stereocenters. The summed E-state index contributed by atoms with van der Waals surface area (Å²) in [5, 5.41) is 13.5. The predicted octanol–water partition coefficient (Wildman–Crippen LogP) is 2.83. The number of esters is 2. The van der Waals surface area contributed by atoms with Crippen LogP contribution in [0.15, 0.2) is 48.8 Å². The number of benzene rings is 1. The first-order chi connectivity index (χ1) is 17.2. The highest BCUT2D eigenvalue weighted by molar-refractivity contribution is 5.97. The number of nitrogens with zero attached hydrogens (tertiary/aromatic N) is 4. The molecule has 0 aliphatic heterocycles. The molecule has 1 aromatic carbocycles. The van der Waals surface area contributed by atoms with Gasteiger partial charge in [-0.2, -0.15) is 10.2 Å². The van der Waals surface area contributed by atoms with Crippen molar-refractivity contribution >= 4 is 35.4 Å². The number of rotatable bonds is 10. The lowest BCUT2D eigenvalue weighted by Gasteiger charge is -2.12. The minimum Gasteiger partial charge on any atom is -0.452 e. The van der Waals surface area contributed by atoms with Gasteiger partial charge in [0.2, 0.25) is 0 Å². The molecule has 2 amide bonds. The van der Waals surface area contributed by atoms with Crippen LogP contribution in [0.5, 0.6) is 0 Å². The summed E-state index contributed by atoms with van der Waals surface area (Å²) in [4.78, 5) is 48.7. The van der Waals surface area contributed by atoms with Gasteiger partial charge in [0.05, 0.1) is 23.5 Å². The molecular weight excluding hydrogens is 468 g/mol. The van der Waals surface area contributed by atoms with Crippen LogP contribution in [0.4, 0.5) is 11.6 Å². The third-order valence-electron chi connectivity index (χ3n) is 4.88. The van der Waals surface area contributed by atoms with E-state index in [2.05, 4.69) is 20.8 Å². The summed E-state index contributed by atoms with van der Waals surface area (Å²) in [6.07, 6.45) is 3.12. The molecule has 0 spiro atoms. The first kappa shape index (κ1) is 26.1. The molecule has 36 heavy (non-hydrogen) atoms. The second-order valence-corrected chi connectivity index (χ2v) is 8.34. The molecule has 2 aromatic heterocycles. The SMILES string of the molecule is CC(C)n1nccc1NC(=O)COC(=O)c1ccc(C(=O)OCC(=O)Nc2ccnn2C(C)C)cc1. The number of nitrogens with one attached hydrogen (secondary N) is 2. The van der Waals surface area contributed by atoms with Gasteiger partial charge in [-0.3, -0.25) is 9.59 Å². The minimum absolute atomic E-state index is 0.0481. The van der Waals surface area contributed by atoms with Crippen molar-refractivity contribution in [3.05, 3.63) is 59.9 Å². The van der Waals surface area contributed by atoms with Gasteiger partial charge in [0.15, 0.2) is 13.2 Å². The van der Waals surface area contributed by atoms with Crippen LogP contribution in [0.25, 0.3) is 0 Å². The summed E-state index contributed by atoms with van der Waals surface area (Å²) in [5.41, 5.74) is 0.289. The van der Waals surface area contributed by atoms with E-state index in [1.165, 1.54) is 24.3 Å². The van der Waals surface area contributed by atoms with Gasteiger partial charge in [-0.05, 0) is 52.0 Å². The summed E-state index contributed by atoms with van der Waals surface area (Å²) in [6.45, 7) is 6.69. The average molecular weight is 497 g/mol. The maximum atomic E-state index is 12.3. The van der Waals surface area contributed by atoms with Crippen molar-refractivity contribution in [1.29, 1.82) is 0 Å². The van der Waals surface area contributed by atoms with E-state index in [-0.39, 0.29) is 23.2 Å². The zero-order chi connectivity index (χ0) is 26.2. The molecule has 0 aliphatic rings. The van der Waals surface area contributed by atoms with Gasteiger partial charge >= 0.3 is 11.9 Å². The Morgan fingerprint density at radius 3 is 1.39 bits per heavy atom. The molecule has 12 nitrogen and oxygen atoms in total. The molecule has 190 valence electrons. The molecule has 0 aliphatic carbocycles. The number of amides is 2. The smallest absolute Gasteiger partial charge is 0.338 e. The van der Waals surface area contributed by atoms with Gasteiger partial charge in [-0.15, -0.1) is 0 Å². The third-order valence-corrected chi connectivity index (χ3v) is 4.88. The summed E-state index contributed by atoms with van der Waals surface area (Å²) in [6, 6.07) is 8.85. The van der Waals surface area contributed by atoms with E-state index in [1.807, 2.05) is 27.7 Å². The predicted molar refractivity (Wildman–Crippen MR) is 129 cm³/mol. The normalized spacial score (nSPS) is 10.8. The fraction of sp³-hybridized carbons (Fsp3) is 0.333. The lowest BCUT2D eigenvalue weighted by molar-refractivity contribution is -0.119. The Labute approximate surface area is 207 Å². The van der Waals surface area contributed by atoms with Crippen molar-refractivity contribution in [2.45, 2.75) is 39.8 Å². The molecule has 2 N–H and O–H groups in total. The summed E-state index contributed by atoms with van der Waals surface area (Å²) in [7, 11) is 0. The largest absolute Gasteiger partial charge is 0.452 e. The Balaban J connectivity index is 1.46. The summed E-state index contributed by atoms with van der Waals surface area (Å²) >= 11 is 0. The van der Waals surface area contributed by atoms with Crippen molar-refractivity contribution in [2.24, 2.45) is 0 Å². The van der Waals surface area contributed by atoms with Gasteiger partial charge < -0.3 is 20.1 Å². The van der Waals surface area contributed by atoms with E-state index in [0.29, 0.717) is 11.6 Å². The standard InChI is InChI=1S/C24H28N6O6/c1-15(2)29-19(9-11-25-29)27-21(31)13-35-23(33)17-5-7-18(8-6-17)24(34)36-14-22(32)28-20-10-12-26-30(20)16(3)4/h5-12,15-16H,13-14H2,1-4H3,(H,27,31)(H,28,32). The van der Waals surface area contributed by atoms with Crippen molar-refractivity contribution in [3.63, 3.8) is 0 Å².